The third-order valence-electron chi connectivity index (χ3n) is 5.88. The van der Waals surface area contributed by atoms with E-state index in [1.165, 1.54) is 11.8 Å². The number of methoxy groups -OCH3 is 1. The molecule has 0 spiro atoms. The molecule has 0 aliphatic heterocycles. The normalized spacial score (nSPS) is 11.1. The summed E-state index contributed by atoms with van der Waals surface area (Å²) in [6, 6.07) is 28.1. The van der Waals surface area contributed by atoms with Crippen molar-refractivity contribution in [2.75, 3.05) is 14.2 Å². The van der Waals surface area contributed by atoms with E-state index < -0.39 is 0 Å². The van der Waals surface area contributed by atoms with E-state index in [-0.39, 0.29) is 5.56 Å². The Kier molecular flexibility index (Phi) is 4.91. The van der Waals surface area contributed by atoms with Crippen molar-refractivity contribution in [3.63, 3.8) is 0 Å². The topological polar surface area (TPSA) is 40.5 Å². The third kappa shape index (κ3) is 3.12. The summed E-state index contributed by atoms with van der Waals surface area (Å²) in [4.78, 5) is 19.4. The lowest BCUT2D eigenvalue weighted by Gasteiger charge is -2.18. The largest absolute Gasteiger partial charge is 0.497 e. The van der Waals surface area contributed by atoms with Gasteiger partial charge in [-0.05, 0) is 47.2 Å². The number of nitrogens with zero attached hydrogens (tertiary/aromatic N) is 1. The van der Waals surface area contributed by atoms with Gasteiger partial charge in [0.15, 0.2) is 0 Å². The van der Waals surface area contributed by atoms with Gasteiger partial charge < -0.3 is 9.57 Å². The fraction of sp³-hybridized carbons (Fsp3) is 0.107. The van der Waals surface area contributed by atoms with Crippen LogP contribution in [0.4, 0.5) is 0 Å². The molecule has 5 rings (SSSR count). The number of rotatable bonds is 4. The number of hydrogen-bond acceptors (Lipinski definition) is 3. The summed E-state index contributed by atoms with van der Waals surface area (Å²) in [6.07, 6.45) is 0. The molecule has 0 atom stereocenters. The molecule has 0 saturated heterocycles. The molecule has 158 valence electrons. The lowest BCUT2D eigenvalue weighted by Crippen LogP contribution is -2.27. The van der Waals surface area contributed by atoms with Gasteiger partial charge in [-0.1, -0.05) is 72.3 Å². The molecular formula is C28H23NO3. The van der Waals surface area contributed by atoms with Gasteiger partial charge in [0.25, 0.3) is 5.56 Å². The van der Waals surface area contributed by atoms with Crippen LogP contribution in [0.15, 0.2) is 89.7 Å². The predicted molar refractivity (Wildman–Crippen MR) is 129 cm³/mol. The van der Waals surface area contributed by atoms with Gasteiger partial charge in [-0.2, -0.15) is 0 Å². The first kappa shape index (κ1) is 19.9. The molecule has 0 fully saturated rings. The summed E-state index contributed by atoms with van der Waals surface area (Å²) in [7, 11) is 3.19. The van der Waals surface area contributed by atoms with Crippen molar-refractivity contribution in [1.29, 1.82) is 0 Å². The van der Waals surface area contributed by atoms with Crippen LogP contribution in [0.25, 0.3) is 44.3 Å². The van der Waals surface area contributed by atoms with Crippen LogP contribution < -0.4 is 15.1 Å². The maximum absolute atomic E-state index is 13.7. The van der Waals surface area contributed by atoms with E-state index in [1.54, 1.807) is 7.11 Å². The molecule has 0 radical (unpaired) electrons. The SMILES string of the molecule is COc1cccc(-c2c(-c3ccc(C)cc3)n(OC)c(=O)c3c4cccccc-4cc23)c1. The highest BCUT2D eigenvalue weighted by atomic mass is 16.6. The Morgan fingerprint density at radius 3 is 2.25 bits per heavy atom. The maximum atomic E-state index is 13.7. The van der Waals surface area contributed by atoms with Crippen LogP contribution in [0.2, 0.25) is 0 Å². The molecule has 2 aliphatic carbocycles. The zero-order valence-corrected chi connectivity index (χ0v) is 18.3. The Bertz CT molecular complexity index is 1470. The van der Waals surface area contributed by atoms with Gasteiger partial charge in [-0.3, -0.25) is 4.79 Å². The van der Waals surface area contributed by atoms with Crippen molar-refractivity contribution in [2.24, 2.45) is 0 Å². The minimum Gasteiger partial charge on any atom is -0.497 e. The molecule has 1 aromatic heterocycles. The Morgan fingerprint density at radius 2 is 1.50 bits per heavy atom. The standard InChI is InChI=1S/C28H23NO3/c1-18-12-14-19(15-13-18)27-25(21-9-7-10-22(16-21)31-2)24-17-20-8-5-4-6-11-23(20)26(24)28(30)29(27)32-3/h4-17H,1-3H3. The van der Waals surface area contributed by atoms with Gasteiger partial charge in [0.2, 0.25) is 0 Å². The van der Waals surface area contributed by atoms with Crippen LogP contribution in [0, 0.1) is 6.92 Å². The molecule has 32 heavy (non-hydrogen) atoms. The average molecular weight is 421 g/mol. The highest BCUT2D eigenvalue weighted by molar-refractivity contribution is 6.11. The van der Waals surface area contributed by atoms with Crippen LogP contribution in [0.1, 0.15) is 5.56 Å². The number of hydrogen-bond donors (Lipinski definition) is 0. The first-order chi connectivity index (χ1) is 15.6. The number of pyridine rings is 1. The van der Waals surface area contributed by atoms with Gasteiger partial charge in [0.1, 0.15) is 12.9 Å². The van der Waals surface area contributed by atoms with E-state index in [1.807, 2.05) is 85.8 Å². The van der Waals surface area contributed by atoms with Gasteiger partial charge >= 0.3 is 0 Å². The summed E-state index contributed by atoms with van der Waals surface area (Å²) in [6.45, 7) is 2.04. The molecule has 0 amide bonds. The van der Waals surface area contributed by atoms with Gasteiger partial charge in [-0.15, -0.1) is 4.73 Å². The van der Waals surface area contributed by atoms with Crippen LogP contribution in [-0.4, -0.2) is 19.0 Å². The maximum Gasteiger partial charge on any atom is 0.292 e. The van der Waals surface area contributed by atoms with Gasteiger partial charge in [-0.25, -0.2) is 0 Å². The highest BCUT2D eigenvalue weighted by Crippen LogP contribution is 2.42. The van der Waals surface area contributed by atoms with Crippen molar-refractivity contribution in [2.45, 2.75) is 6.92 Å². The van der Waals surface area contributed by atoms with Crippen molar-refractivity contribution in [1.82, 2.24) is 4.73 Å². The Labute approximate surface area is 186 Å². The van der Waals surface area contributed by atoms with Crippen molar-refractivity contribution in [3.05, 3.63) is 101 Å². The quantitative estimate of drug-likeness (QED) is 0.367. The summed E-state index contributed by atoms with van der Waals surface area (Å²) < 4.78 is 6.91. The third-order valence-corrected chi connectivity index (χ3v) is 5.88. The Hall–Kier alpha value is -4.05. The Balaban J connectivity index is 2.01. The summed E-state index contributed by atoms with van der Waals surface area (Å²) in [5, 5.41) is 1.54. The monoisotopic (exact) mass is 421 g/mol. The van der Waals surface area contributed by atoms with Gasteiger partial charge in [0, 0.05) is 11.1 Å². The number of ether oxygens (including phenoxy) is 1. The van der Waals surface area contributed by atoms with Crippen molar-refractivity contribution >= 4 is 10.8 Å². The first-order valence-corrected chi connectivity index (χ1v) is 10.5. The second kappa shape index (κ2) is 7.89. The molecule has 2 aliphatic rings. The van der Waals surface area contributed by atoms with E-state index in [4.69, 9.17) is 9.57 Å². The predicted octanol–water partition coefficient (Wildman–Crippen LogP) is 5.82. The van der Waals surface area contributed by atoms with E-state index in [2.05, 4.69) is 6.07 Å². The Morgan fingerprint density at radius 1 is 0.750 bits per heavy atom. The molecule has 0 unspecified atom stereocenters. The summed E-state index contributed by atoms with van der Waals surface area (Å²) >= 11 is 0. The minimum atomic E-state index is -0.175. The number of aryl methyl sites for hydroxylation is 1. The molecule has 0 bridgehead atoms. The van der Waals surface area contributed by atoms with Crippen molar-refractivity contribution in [3.8, 4) is 39.3 Å². The minimum absolute atomic E-state index is 0.175. The fourth-order valence-electron chi connectivity index (χ4n) is 4.37. The molecule has 0 saturated carbocycles. The zero-order valence-electron chi connectivity index (χ0n) is 18.3. The molecule has 4 heteroatoms. The van der Waals surface area contributed by atoms with E-state index >= 15 is 0 Å². The number of benzene rings is 2. The van der Waals surface area contributed by atoms with Crippen LogP contribution in [0.5, 0.6) is 5.75 Å². The second-order valence-electron chi connectivity index (χ2n) is 7.82. The average Bonchev–Trinajstić information content (AvgIpc) is 3.02. The molecule has 0 N–H and O–H groups in total. The molecule has 4 nitrogen and oxygen atoms in total. The number of fused-ring (bicyclic) bond motifs is 3. The van der Waals surface area contributed by atoms with Crippen molar-refractivity contribution < 1.29 is 9.57 Å². The van der Waals surface area contributed by atoms with E-state index in [0.29, 0.717) is 5.39 Å². The van der Waals surface area contributed by atoms with Crippen LogP contribution in [0.3, 0.4) is 0 Å². The molecular weight excluding hydrogens is 398 g/mol. The fourth-order valence-corrected chi connectivity index (χ4v) is 4.37. The van der Waals surface area contributed by atoms with Gasteiger partial charge in [0.05, 0.1) is 18.2 Å². The van der Waals surface area contributed by atoms with Crippen LogP contribution in [-0.2, 0) is 0 Å². The second-order valence-corrected chi connectivity index (χ2v) is 7.82. The summed E-state index contributed by atoms with van der Waals surface area (Å²) in [5.41, 5.74) is 6.40. The smallest absolute Gasteiger partial charge is 0.292 e. The van der Waals surface area contributed by atoms with Crippen LogP contribution >= 0.6 is 0 Å². The van der Waals surface area contributed by atoms with E-state index in [9.17, 15) is 4.79 Å². The molecule has 2 aromatic carbocycles. The summed E-state index contributed by atoms with van der Waals surface area (Å²) in [5.74, 6) is 0.753. The zero-order chi connectivity index (χ0) is 22.2. The highest BCUT2D eigenvalue weighted by Gasteiger charge is 2.24. The first-order valence-electron chi connectivity index (χ1n) is 10.5. The molecule has 1 heterocycles. The number of aromatic nitrogens is 1. The molecule has 3 aromatic rings. The lowest BCUT2D eigenvalue weighted by atomic mass is 9.95. The van der Waals surface area contributed by atoms with E-state index in [0.717, 1.165) is 50.2 Å². The lowest BCUT2D eigenvalue weighted by molar-refractivity contribution is 0.163.